The monoisotopic (exact) mass is 438 g/mol. The van der Waals surface area contributed by atoms with E-state index in [0.717, 1.165) is 17.1 Å². The third-order valence-electron chi connectivity index (χ3n) is 5.64. The third-order valence-corrected chi connectivity index (χ3v) is 6.71. The smallest absolute Gasteiger partial charge is 0.153 e. The van der Waals surface area contributed by atoms with E-state index in [-0.39, 0.29) is 6.17 Å². The molecule has 2 heterocycles. The highest BCUT2D eigenvalue weighted by Gasteiger charge is 2.26. The molecule has 3 aromatic rings. The van der Waals surface area contributed by atoms with Crippen LogP contribution in [-0.2, 0) is 0 Å². The average molecular weight is 439 g/mol. The van der Waals surface area contributed by atoms with E-state index in [9.17, 15) is 0 Å². The fourth-order valence-electron chi connectivity index (χ4n) is 3.69. The Morgan fingerprint density at radius 1 is 0.677 bits per heavy atom. The van der Waals surface area contributed by atoms with Crippen molar-refractivity contribution in [1.82, 2.24) is 19.6 Å². The summed E-state index contributed by atoms with van der Waals surface area (Å²) in [5.74, 6) is 2.46. The highest BCUT2D eigenvalue weighted by molar-refractivity contribution is 7.99. The molecule has 3 rings (SSSR count). The highest BCUT2D eigenvalue weighted by Crippen LogP contribution is 2.32. The average Bonchev–Trinajstić information content (AvgIpc) is 3.35. The Bertz CT molecular complexity index is 908. The van der Waals surface area contributed by atoms with E-state index in [1.165, 1.54) is 16.3 Å². The minimum atomic E-state index is 0.0278. The van der Waals surface area contributed by atoms with Gasteiger partial charge in [-0.3, -0.25) is 0 Å². The van der Waals surface area contributed by atoms with Gasteiger partial charge in [0.1, 0.15) is 0 Å². The van der Waals surface area contributed by atoms with Crippen LogP contribution < -0.4 is 0 Å². The van der Waals surface area contributed by atoms with Gasteiger partial charge in [0.25, 0.3) is 0 Å². The Morgan fingerprint density at radius 2 is 1.13 bits per heavy atom. The summed E-state index contributed by atoms with van der Waals surface area (Å²) in [6, 6.07) is 15.2. The molecule has 0 aliphatic carbocycles. The second-order valence-corrected chi connectivity index (χ2v) is 10.7. The molecule has 0 bridgehead atoms. The van der Waals surface area contributed by atoms with Crippen LogP contribution in [0.4, 0.5) is 0 Å². The van der Waals surface area contributed by atoms with Crippen molar-refractivity contribution in [3.8, 4) is 0 Å². The van der Waals surface area contributed by atoms with Crippen molar-refractivity contribution < 1.29 is 0 Å². The van der Waals surface area contributed by atoms with Gasteiger partial charge in [-0.05, 0) is 47.9 Å². The van der Waals surface area contributed by atoms with Gasteiger partial charge in [0.05, 0.1) is 11.4 Å². The topological polar surface area (TPSA) is 35.6 Å². The molecule has 0 radical (unpaired) electrons. The summed E-state index contributed by atoms with van der Waals surface area (Å²) in [4.78, 5) is 1.28. The summed E-state index contributed by atoms with van der Waals surface area (Å²) in [6.45, 7) is 17.9. The lowest BCUT2D eigenvalue weighted by molar-refractivity contribution is 0.361. The van der Waals surface area contributed by atoms with Crippen LogP contribution in [0.25, 0.3) is 0 Å². The summed E-state index contributed by atoms with van der Waals surface area (Å²) in [5, 5.41) is 10.2. The van der Waals surface area contributed by atoms with Gasteiger partial charge in [0.2, 0.25) is 0 Å². The highest BCUT2D eigenvalue weighted by atomic mass is 32.2. The summed E-state index contributed by atoms with van der Waals surface area (Å²) in [5.41, 5.74) is 4.86. The molecule has 0 saturated heterocycles. The molecule has 5 heteroatoms. The number of benzene rings is 1. The molecule has 4 nitrogen and oxygen atoms in total. The third kappa shape index (κ3) is 5.43. The van der Waals surface area contributed by atoms with E-state index in [1.54, 1.807) is 0 Å². The fraction of sp³-hybridized carbons (Fsp3) is 0.538. The van der Waals surface area contributed by atoms with Gasteiger partial charge < -0.3 is 0 Å². The predicted molar refractivity (Wildman–Crippen MR) is 132 cm³/mol. The minimum absolute atomic E-state index is 0.0278. The lowest BCUT2D eigenvalue weighted by Crippen LogP contribution is -2.27. The summed E-state index contributed by atoms with van der Waals surface area (Å²) < 4.78 is 4.50. The normalized spacial score (nSPS) is 12.3. The van der Waals surface area contributed by atoms with Crippen molar-refractivity contribution in [2.75, 3.05) is 5.75 Å². The molecule has 1 aromatic carbocycles. The summed E-state index contributed by atoms with van der Waals surface area (Å²) in [6.07, 6.45) is 0.0278. The molecule has 0 amide bonds. The first-order valence-electron chi connectivity index (χ1n) is 11.6. The Balaban J connectivity index is 2.12. The van der Waals surface area contributed by atoms with Crippen LogP contribution in [0, 0.1) is 0 Å². The van der Waals surface area contributed by atoms with Crippen LogP contribution >= 0.6 is 11.8 Å². The molecular weight excluding hydrogens is 400 g/mol. The van der Waals surface area contributed by atoms with Crippen LogP contribution in [0.15, 0.2) is 47.4 Å². The van der Waals surface area contributed by atoms with Gasteiger partial charge in [-0.2, -0.15) is 10.2 Å². The second kappa shape index (κ2) is 10.1. The number of aromatic nitrogens is 4. The van der Waals surface area contributed by atoms with Crippen molar-refractivity contribution in [3.05, 3.63) is 65.2 Å². The predicted octanol–water partition coefficient (Wildman–Crippen LogP) is 7.41. The van der Waals surface area contributed by atoms with Crippen LogP contribution in [0.5, 0.6) is 0 Å². The van der Waals surface area contributed by atoms with Crippen LogP contribution in [0.2, 0.25) is 0 Å². The minimum Gasteiger partial charge on any atom is -0.243 e. The Hall–Kier alpha value is -2.01. The fourth-order valence-corrected chi connectivity index (χ4v) is 4.67. The van der Waals surface area contributed by atoms with E-state index in [0.29, 0.717) is 23.7 Å². The molecule has 0 spiro atoms. The summed E-state index contributed by atoms with van der Waals surface area (Å²) >= 11 is 1.87. The van der Waals surface area contributed by atoms with Gasteiger partial charge >= 0.3 is 0 Å². The largest absolute Gasteiger partial charge is 0.243 e. The maximum atomic E-state index is 5.12. The first-order chi connectivity index (χ1) is 14.7. The maximum absolute atomic E-state index is 5.12. The number of rotatable bonds is 9. The molecule has 2 aromatic heterocycles. The van der Waals surface area contributed by atoms with Gasteiger partial charge in [-0.1, -0.05) is 73.6 Å². The van der Waals surface area contributed by atoms with Crippen molar-refractivity contribution >= 4 is 11.8 Å². The molecule has 0 N–H and O–H groups in total. The lowest BCUT2D eigenvalue weighted by atomic mass is 10.1. The zero-order valence-electron chi connectivity index (χ0n) is 20.3. The molecule has 0 aliphatic rings. The zero-order valence-corrected chi connectivity index (χ0v) is 21.1. The van der Waals surface area contributed by atoms with Crippen LogP contribution in [0.1, 0.15) is 108 Å². The molecule has 0 saturated carbocycles. The number of nitrogens with zero attached hydrogens (tertiary/aromatic N) is 4. The molecule has 31 heavy (non-hydrogen) atoms. The quantitative estimate of drug-likeness (QED) is 0.326. The first-order valence-corrected chi connectivity index (χ1v) is 12.5. The van der Waals surface area contributed by atoms with E-state index < -0.39 is 0 Å². The van der Waals surface area contributed by atoms with Gasteiger partial charge in [-0.25, -0.2) is 9.36 Å². The molecule has 0 atom stereocenters. The molecule has 168 valence electrons. The number of hydrogen-bond donors (Lipinski definition) is 0. The first kappa shape index (κ1) is 23.6. The number of hydrogen-bond acceptors (Lipinski definition) is 3. The lowest BCUT2D eigenvalue weighted by Gasteiger charge is -2.25. The number of thioether (sulfide) groups is 1. The van der Waals surface area contributed by atoms with E-state index >= 15 is 0 Å². The Kier molecular flexibility index (Phi) is 7.68. The molecule has 0 unspecified atom stereocenters. The van der Waals surface area contributed by atoms with E-state index in [1.807, 2.05) is 11.8 Å². The standard InChI is InChI=1S/C26H38N4S/c1-17(2)22-14-24(19(5)6)29(27-22)26(16-31-21-12-10-9-11-13-21)30-25(20(7)8)15-23(28-30)18(3)4/h9-15,17-20,26H,16H2,1-8H3. The Labute approximate surface area is 192 Å². The van der Waals surface area contributed by atoms with Crippen molar-refractivity contribution in [2.24, 2.45) is 0 Å². The SMILES string of the molecule is CC(C)c1cc(C(C)C)n(C(CSc2ccccc2)n2nc(C(C)C)cc2C(C)C)n1. The Morgan fingerprint density at radius 3 is 1.52 bits per heavy atom. The van der Waals surface area contributed by atoms with Crippen LogP contribution in [0.3, 0.4) is 0 Å². The molecular formula is C26H38N4S. The van der Waals surface area contributed by atoms with E-state index in [2.05, 4.69) is 107 Å². The zero-order chi connectivity index (χ0) is 22.7. The van der Waals surface area contributed by atoms with Gasteiger partial charge in [0, 0.05) is 22.0 Å². The molecule has 0 aliphatic heterocycles. The van der Waals surface area contributed by atoms with Crippen molar-refractivity contribution in [3.63, 3.8) is 0 Å². The summed E-state index contributed by atoms with van der Waals surface area (Å²) in [7, 11) is 0. The maximum Gasteiger partial charge on any atom is 0.153 e. The van der Waals surface area contributed by atoms with Crippen LogP contribution in [-0.4, -0.2) is 25.3 Å². The van der Waals surface area contributed by atoms with Crippen molar-refractivity contribution in [2.45, 2.75) is 90.1 Å². The molecule has 0 fully saturated rings. The van der Waals surface area contributed by atoms with Gasteiger partial charge in [0.15, 0.2) is 6.17 Å². The van der Waals surface area contributed by atoms with Crippen molar-refractivity contribution in [1.29, 1.82) is 0 Å². The van der Waals surface area contributed by atoms with E-state index in [4.69, 9.17) is 10.2 Å². The second-order valence-electron chi connectivity index (χ2n) is 9.60. The van der Waals surface area contributed by atoms with Gasteiger partial charge in [-0.15, -0.1) is 11.8 Å².